The van der Waals surface area contributed by atoms with Gasteiger partial charge in [0.05, 0.1) is 17.9 Å². The zero-order valence-electron chi connectivity index (χ0n) is 19.2. The number of carboxylic acids is 1. The Kier molecular flexibility index (Phi) is 5.59. The summed E-state index contributed by atoms with van der Waals surface area (Å²) >= 11 is 0. The molecule has 0 bridgehead atoms. The van der Waals surface area contributed by atoms with Crippen LogP contribution in [0.5, 0.6) is 5.75 Å². The highest BCUT2D eigenvalue weighted by Crippen LogP contribution is 2.41. The van der Waals surface area contributed by atoms with E-state index in [-0.39, 0.29) is 5.56 Å². The Morgan fingerprint density at radius 2 is 1.84 bits per heavy atom. The van der Waals surface area contributed by atoms with Gasteiger partial charge in [0.15, 0.2) is 6.10 Å². The lowest BCUT2D eigenvalue weighted by Crippen LogP contribution is -2.33. The number of aromatic nitrogens is 1. The Balaban J connectivity index is 2.12. The second kappa shape index (κ2) is 8.10. The number of pyridine rings is 1. The van der Waals surface area contributed by atoms with Crippen molar-refractivity contribution in [2.24, 2.45) is 7.05 Å². The third kappa shape index (κ3) is 3.79. The van der Waals surface area contributed by atoms with Crippen LogP contribution in [-0.4, -0.2) is 27.9 Å². The van der Waals surface area contributed by atoms with E-state index in [0.717, 1.165) is 35.3 Å². The number of benzene rings is 2. The minimum atomic E-state index is -1.31. The summed E-state index contributed by atoms with van der Waals surface area (Å²) < 4.78 is 13.3. The van der Waals surface area contributed by atoms with E-state index in [0.29, 0.717) is 28.6 Å². The molecule has 1 aromatic heterocycles. The van der Waals surface area contributed by atoms with Crippen LogP contribution in [-0.2, 0) is 23.0 Å². The van der Waals surface area contributed by atoms with Crippen LogP contribution in [0.25, 0.3) is 21.9 Å². The van der Waals surface area contributed by atoms with Crippen molar-refractivity contribution in [3.63, 3.8) is 0 Å². The fourth-order valence-electron chi connectivity index (χ4n) is 4.53. The van der Waals surface area contributed by atoms with Crippen molar-refractivity contribution in [1.29, 1.82) is 0 Å². The summed E-state index contributed by atoms with van der Waals surface area (Å²) in [6.07, 6.45) is 0.525. The van der Waals surface area contributed by atoms with Crippen molar-refractivity contribution in [3.8, 4) is 16.9 Å². The Bertz CT molecular complexity index is 1270. The van der Waals surface area contributed by atoms with Crippen molar-refractivity contribution >= 4 is 16.7 Å². The van der Waals surface area contributed by atoms with Crippen LogP contribution in [0.4, 0.5) is 0 Å². The fourth-order valence-corrected chi connectivity index (χ4v) is 4.53. The minimum absolute atomic E-state index is 0.248. The van der Waals surface area contributed by atoms with E-state index in [4.69, 9.17) is 9.47 Å². The number of hydrogen-bond donors (Lipinski definition) is 1. The van der Waals surface area contributed by atoms with Gasteiger partial charge >= 0.3 is 5.97 Å². The zero-order chi connectivity index (χ0) is 23.2. The predicted molar refractivity (Wildman–Crippen MR) is 124 cm³/mol. The molecule has 2 heterocycles. The van der Waals surface area contributed by atoms with Crippen LogP contribution >= 0.6 is 0 Å². The topological polar surface area (TPSA) is 77.8 Å². The lowest BCUT2D eigenvalue weighted by molar-refractivity contribution is -0.161. The first-order chi connectivity index (χ1) is 15.1. The maximum absolute atomic E-state index is 13.2. The van der Waals surface area contributed by atoms with E-state index in [1.54, 1.807) is 13.1 Å². The molecule has 0 saturated carbocycles. The quantitative estimate of drug-likeness (QED) is 0.638. The number of carboxylic acid groups (broad SMARTS) is 1. The highest BCUT2D eigenvalue weighted by atomic mass is 16.5. The number of ether oxygens (including phenoxy) is 2. The summed E-state index contributed by atoms with van der Waals surface area (Å²) in [6.45, 7) is 8.16. The molecular weight excluding hydrogens is 406 g/mol. The molecule has 0 aliphatic carbocycles. The molecule has 168 valence electrons. The summed E-state index contributed by atoms with van der Waals surface area (Å²) in [5, 5.41) is 11.4. The first-order valence-electron chi connectivity index (χ1n) is 10.9. The number of fused-ring (bicyclic) bond motifs is 2. The molecule has 0 radical (unpaired) electrons. The molecule has 32 heavy (non-hydrogen) atoms. The molecule has 1 aliphatic heterocycles. The third-order valence-electron chi connectivity index (χ3n) is 5.95. The van der Waals surface area contributed by atoms with Crippen LogP contribution in [0.1, 0.15) is 50.1 Å². The van der Waals surface area contributed by atoms with Crippen molar-refractivity contribution in [3.05, 3.63) is 63.6 Å². The van der Waals surface area contributed by atoms with Gasteiger partial charge < -0.3 is 19.1 Å². The molecular formula is C26H29NO5. The van der Waals surface area contributed by atoms with Crippen LogP contribution in [0.2, 0.25) is 0 Å². The van der Waals surface area contributed by atoms with Gasteiger partial charge in [-0.05, 0) is 74.7 Å². The smallest absolute Gasteiger partial charge is 0.339 e. The van der Waals surface area contributed by atoms with Gasteiger partial charge in [-0.1, -0.05) is 24.3 Å². The van der Waals surface area contributed by atoms with E-state index in [1.165, 1.54) is 4.57 Å². The summed E-state index contributed by atoms with van der Waals surface area (Å²) in [6, 6.07) is 11.3. The van der Waals surface area contributed by atoms with Crippen LogP contribution in [0.15, 0.2) is 41.2 Å². The second-order valence-corrected chi connectivity index (χ2v) is 9.29. The van der Waals surface area contributed by atoms with E-state index in [2.05, 4.69) is 0 Å². The average Bonchev–Trinajstić information content (AvgIpc) is 2.75. The summed E-state index contributed by atoms with van der Waals surface area (Å²) in [5.74, 6) is -0.265. The summed E-state index contributed by atoms with van der Waals surface area (Å²) in [7, 11) is 1.62. The maximum Gasteiger partial charge on any atom is 0.339 e. The highest BCUT2D eigenvalue weighted by molar-refractivity contribution is 5.99. The molecule has 1 aliphatic rings. The van der Waals surface area contributed by atoms with Gasteiger partial charge in [0.1, 0.15) is 5.75 Å². The summed E-state index contributed by atoms with van der Waals surface area (Å²) in [4.78, 5) is 25.7. The monoisotopic (exact) mass is 435 g/mol. The largest absolute Gasteiger partial charge is 0.493 e. The van der Waals surface area contributed by atoms with Crippen LogP contribution < -0.4 is 10.3 Å². The van der Waals surface area contributed by atoms with E-state index < -0.39 is 17.7 Å². The summed E-state index contributed by atoms with van der Waals surface area (Å²) in [5.41, 5.74) is 3.14. The lowest BCUT2D eigenvalue weighted by atomic mass is 9.88. The molecule has 0 amide bonds. The molecule has 6 nitrogen and oxygen atoms in total. The van der Waals surface area contributed by atoms with Gasteiger partial charge in [0.25, 0.3) is 5.56 Å². The second-order valence-electron chi connectivity index (χ2n) is 9.29. The van der Waals surface area contributed by atoms with Gasteiger partial charge in [0.2, 0.25) is 0 Å². The Hall–Kier alpha value is -3.12. The first kappa shape index (κ1) is 22.1. The van der Waals surface area contributed by atoms with E-state index in [1.807, 2.05) is 58.0 Å². The van der Waals surface area contributed by atoms with Gasteiger partial charge in [-0.25, -0.2) is 4.79 Å². The third-order valence-corrected chi connectivity index (χ3v) is 5.95. The molecule has 0 saturated heterocycles. The van der Waals surface area contributed by atoms with Gasteiger partial charge in [-0.2, -0.15) is 0 Å². The Morgan fingerprint density at radius 3 is 2.50 bits per heavy atom. The molecule has 2 aromatic carbocycles. The standard InChI is InChI=1S/C26H29NO5/c1-15-16-11-8-14-31-20(16)13-12-17(15)21-18-9-6-7-10-19(18)24(28)27(5)22(21)23(25(29)30)32-26(2,3)4/h6-7,9-10,12-13,23H,8,11,14H2,1-5H3,(H,29,30). The van der Waals surface area contributed by atoms with E-state index in [9.17, 15) is 14.7 Å². The van der Waals surface area contributed by atoms with Gasteiger partial charge in [-0.3, -0.25) is 4.79 Å². The molecule has 1 N–H and O–H groups in total. The molecule has 1 atom stereocenters. The molecule has 4 rings (SSSR count). The van der Waals surface area contributed by atoms with Crippen molar-refractivity contribution in [2.75, 3.05) is 6.61 Å². The maximum atomic E-state index is 13.2. The molecule has 1 unspecified atom stereocenters. The van der Waals surface area contributed by atoms with Crippen molar-refractivity contribution < 1.29 is 19.4 Å². The van der Waals surface area contributed by atoms with Crippen LogP contribution in [0, 0.1) is 6.92 Å². The number of aliphatic carboxylic acids is 1. The number of rotatable bonds is 4. The molecule has 0 fully saturated rings. The zero-order valence-corrected chi connectivity index (χ0v) is 19.2. The van der Waals surface area contributed by atoms with E-state index >= 15 is 0 Å². The van der Waals surface area contributed by atoms with Crippen molar-refractivity contribution in [2.45, 2.75) is 52.2 Å². The number of nitrogens with zero attached hydrogens (tertiary/aromatic N) is 1. The fraction of sp³-hybridized carbons (Fsp3) is 0.385. The predicted octanol–water partition coefficient (Wildman–Crippen LogP) is 4.78. The Labute approximate surface area is 187 Å². The lowest BCUT2D eigenvalue weighted by Gasteiger charge is -2.29. The molecule has 0 spiro atoms. The number of hydrogen-bond acceptors (Lipinski definition) is 4. The van der Waals surface area contributed by atoms with Gasteiger partial charge in [-0.15, -0.1) is 0 Å². The number of carbonyl (C=O) groups is 1. The average molecular weight is 436 g/mol. The highest BCUT2D eigenvalue weighted by Gasteiger charge is 2.33. The van der Waals surface area contributed by atoms with Crippen LogP contribution in [0.3, 0.4) is 0 Å². The Morgan fingerprint density at radius 1 is 1.16 bits per heavy atom. The first-order valence-corrected chi connectivity index (χ1v) is 10.9. The minimum Gasteiger partial charge on any atom is -0.493 e. The molecule has 6 heteroatoms. The molecule has 3 aromatic rings. The normalized spacial score (nSPS) is 14.7. The van der Waals surface area contributed by atoms with Gasteiger partial charge in [0, 0.05) is 18.0 Å². The SMILES string of the molecule is Cc1c(-c2c(C(OC(C)(C)C)C(=O)O)n(C)c(=O)c3ccccc23)ccc2c1CCCO2. The van der Waals surface area contributed by atoms with Crippen molar-refractivity contribution in [1.82, 2.24) is 4.57 Å².